The summed E-state index contributed by atoms with van der Waals surface area (Å²) in [4.78, 5) is 35.7. The zero-order chi connectivity index (χ0) is 18.3. The van der Waals surface area contributed by atoms with Crippen LogP contribution in [0.25, 0.3) is 10.3 Å². The fraction of sp³-hybridized carbons (Fsp3) is 0.294. The average Bonchev–Trinajstić information content (AvgIpc) is 2.92. The van der Waals surface area contributed by atoms with Gasteiger partial charge in [-0.05, 0) is 26.3 Å². The number of carbonyl (C=O) groups is 1. The van der Waals surface area contributed by atoms with Gasteiger partial charge in [0.1, 0.15) is 10.5 Å². The molecule has 0 N–H and O–H groups in total. The average molecular weight is 370 g/mol. The van der Waals surface area contributed by atoms with Gasteiger partial charge in [0.25, 0.3) is 11.9 Å². The van der Waals surface area contributed by atoms with Crippen molar-refractivity contribution in [2.45, 2.75) is 20.3 Å². The number of aryl methyl sites for hydroxylation is 1. The zero-order valence-corrected chi connectivity index (χ0v) is 15.0. The van der Waals surface area contributed by atoms with E-state index in [1.807, 2.05) is 6.92 Å². The van der Waals surface area contributed by atoms with Gasteiger partial charge in [0.15, 0.2) is 11.3 Å². The quantitative estimate of drug-likeness (QED) is 0.662. The lowest BCUT2D eigenvalue weighted by Gasteiger charge is -2.30. The van der Waals surface area contributed by atoms with Gasteiger partial charge in [-0.3, -0.25) is 9.78 Å². The van der Waals surface area contributed by atoms with E-state index in [0.717, 1.165) is 30.7 Å². The number of nitrogens with zero attached hydrogens (tertiary/aromatic N) is 6. The first-order chi connectivity index (χ1) is 12.5. The van der Waals surface area contributed by atoms with Crippen LogP contribution in [0.3, 0.4) is 0 Å². The van der Waals surface area contributed by atoms with Crippen LogP contribution >= 0.6 is 11.3 Å². The van der Waals surface area contributed by atoms with Crippen molar-refractivity contribution in [2.24, 2.45) is 4.99 Å². The first-order valence-corrected chi connectivity index (χ1v) is 8.93. The third-order valence-electron chi connectivity index (χ3n) is 4.09. The largest absolute Gasteiger partial charge is 0.337 e. The highest BCUT2D eigenvalue weighted by Gasteiger charge is 2.26. The predicted molar refractivity (Wildman–Crippen MR) is 96.5 cm³/mol. The van der Waals surface area contributed by atoms with Crippen molar-refractivity contribution in [1.29, 1.82) is 0 Å². The number of amides is 1. The van der Waals surface area contributed by atoms with Crippen molar-refractivity contribution in [3.63, 3.8) is 0 Å². The van der Waals surface area contributed by atoms with Gasteiger partial charge in [-0.25, -0.2) is 19.4 Å². The van der Waals surface area contributed by atoms with E-state index in [1.54, 1.807) is 11.8 Å². The molecule has 9 heteroatoms. The zero-order valence-electron chi connectivity index (χ0n) is 14.2. The van der Waals surface area contributed by atoms with E-state index >= 15 is 0 Å². The Labute approximate surface area is 152 Å². The van der Waals surface area contributed by atoms with Crippen molar-refractivity contribution >= 4 is 39.3 Å². The Kier molecular flexibility index (Phi) is 4.15. The minimum atomic E-state index is -0.447. The molecule has 0 aromatic carbocycles. The van der Waals surface area contributed by atoms with Crippen molar-refractivity contribution in [3.8, 4) is 0 Å². The van der Waals surface area contributed by atoms with Crippen molar-refractivity contribution < 1.29 is 9.18 Å². The van der Waals surface area contributed by atoms with Gasteiger partial charge >= 0.3 is 0 Å². The van der Waals surface area contributed by atoms with Crippen LogP contribution < -0.4 is 0 Å². The summed E-state index contributed by atoms with van der Waals surface area (Å²) in [5.41, 5.74) is 1.81. The summed E-state index contributed by atoms with van der Waals surface area (Å²) in [6, 6.07) is 1.34. The van der Waals surface area contributed by atoms with E-state index in [9.17, 15) is 9.18 Å². The Morgan fingerprint density at radius 2 is 2.08 bits per heavy atom. The van der Waals surface area contributed by atoms with Gasteiger partial charge in [0.2, 0.25) is 0 Å². The minimum Gasteiger partial charge on any atom is -0.337 e. The summed E-state index contributed by atoms with van der Waals surface area (Å²) in [5.74, 6) is -0.445. The number of hydrogen-bond donors (Lipinski definition) is 0. The highest BCUT2D eigenvalue weighted by Crippen LogP contribution is 2.27. The number of likely N-dealkylation sites (tertiary alicyclic amines) is 1. The molecule has 0 bridgehead atoms. The highest BCUT2D eigenvalue weighted by atomic mass is 32.1. The summed E-state index contributed by atoms with van der Waals surface area (Å²) in [6.07, 6.45) is 3.64. The van der Waals surface area contributed by atoms with E-state index in [0.29, 0.717) is 27.3 Å². The van der Waals surface area contributed by atoms with Gasteiger partial charge in [0.05, 0.1) is 16.9 Å². The molecule has 1 fully saturated rings. The molecule has 0 unspecified atom stereocenters. The Morgan fingerprint density at radius 1 is 1.27 bits per heavy atom. The second kappa shape index (κ2) is 6.49. The number of aromatic nitrogens is 4. The van der Waals surface area contributed by atoms with E-state index in [-0.39, 0.29) is 11.9 Å². The maximum atomic E-state index is 13.4. The normalized spacial score (nSPS) is 14.6. The monoisotopic (exact) mass is 370 g/mol. The van der Waals surface area contributed by atoms with Crippen LogP contribution in [0.1, 0.15) is 34.4 Å². The molecule has 7 nitrogen and oxygen atoms in total. The first kappa shape index (κ1) is 16.6. The fourth-order valence-electron chi connectivity index (χ4n) is 2.60. The maximum absolute atomic E-state index is 13.4. The standard InChI is InChI=1S/C17H15FN6OS/c1-9(11-6-12(18)8-19-7-11)20-17-22-13(16(25)24-4-3-5-24)14-15(23-17)21-10(2)26-14/h6-8H,3-5H2,1-2H3. The summed E-state index contributed by atoms with van der Waals surface area (Å²) in [7, 11) is 0. The second-order valence-electron chi connectivity index (χ2n) is 5.99. The Morgan fingerprint density at radius 3 is 2.77 bits per heavy atom. The van der Waals surface area contributed by atoms with Gasteiger partial charge in [-0.15, -0.1) is 11.3 Å². The number of thiazole rings is 1. The van der Waals surface area contributed by atoms with E-state index in [1.165, 1.54) is 23.6 Å². The van der Waals surface area contributed by atoms with Gasteiger partial charge < -0.3 is 4.90 Å². The predicted octanol–water partition coefficient (Wildman–Crippen LogP) is 2.92. The molecular weight excluding hydrogens is 355 g/mol. The number of pyridine rings is 1. The molecule has 26 heavy (non-hydrogen) atoms. The number of fused-ring (bicyclic) bond motifs is 1. The topological polar surface area (TPSA) is 84.2 Å². The van der Waals surface area contributed by atoms with E-state index in [4.69, 9.17) is 0 Å². The van der Waals surface area contributed by atoms with E-state index < -0.39 is 5.82 Å². The molecule has 3 aromatic rings. The van der Waals surface area contributed by atoms with Crippen molar-refractivity contribution in [2.75, 3.05) is 13.1 Å². The third-order valence-corrected chi connectivity index (χ3v) is 5.05. The lowest BCUT2D eigenvalue weighted by atomic mass is 10.2. The maximum Gasteiger partial charge on any atom is 0.274 e. The Bertz CT molecular complexity index is 1040. The summed E-state index contributed by atoms with van der Waals surface area (Å²) >= 11 is 1.39. The summed E-state index contributed by atoms with van der Waals surface area (Å²) in [5, 5.41) is 0.805. The molecule has 0 spiro atoms. The smallest absolute Gasteiger partial charge is 0.274 e. The first-order valence-electron chi connectivity index (χ1n) is 8.12. The molecule has 4 heterocycles. The molecule has 1 aliphatic rings. The Hall–Kier alpha value is -2.81. The molecule has 3 aromatic heterocycles. The lowest BCUT2D eigenvalue weighted by Crippen LogP contribution is -2.42. The van der Waals surface area contributed by atoms with Gasteiger partial charge in [0, 0.05) is 24.8 Å². The van der Waals surface area contributed by atoms with Crippen molar-refractivity contribution in [3.05, 3.63) is 40.5 Å². The summed E-state index contributed by atoms with van der Waals surface area (Å²) < 4.78 is 14.0. The molecule has 0 aliphatic carbocycles. The molecule has 0 saturated carbocycles. The molecule has 1 amide bonds. The van der Waals surface area contributed by atoms with Crippen LogP contribution in [0.15, 0.2) is 23.5 Å². The number of halogens is 1. The lowest BCUT2D eigenvalue weighted by molar-refractivity contribution is 0.0648. The Balaban J connectivity index is 1.80. The fourth-order valence-corrected chi connectivity index (χ4v) is 3.44. The third kappa shape index (κ3) is 3.05. The molecule has 132 valence electrons. The van der Waals surface area contributed by atoms with E-state index in [2.05, 4.69) is 24.9 Å². The van der Waals surface area contributed by atoms with Crippen LogP contribution in [-0.2, 0) is 0 Å². The van der Waals surface area contributed by atoms with Gasteiger partial charge in [-0.2, -0.15) is 4.98 Å². The van der Waals surface area contributed by atoms with Crippen molar-refractivity contribution in [1.82, 2.24) is 24.8 Å². The molecule has 4 rings (SSSR count). The molecular formula is C17H15FN6OS. The number of hydrogen-bond acceptors (Lipinski definition) is 7. The molecule has 1 saturated heterocycles. The van der Waals surface area contributed by atoms with Crippen LogP contribution in [-0.4, -0.2) is 49.5 Å². The molecule has 0 atom stereocenters. The number of aliphatic imine (C=N–C) groups is 1. The second-order valence-corrected chi connectivity index (χ2v) is 7.20. The van der Waals surface area contributed by atoms with Crippen LogP contribution in [0.5, 0.6) is 0 Å². The highest BCUT2D eigenvalue weighted by molar-refractivity contribution is 7.18. The minimum absolute atomic E-state index is 0.131. The number of rotatable bonds is 3. The SMILES string of the molecule is CC(=Nc1nc(C(=O)N2CCC2)c2sc(C)nc2n1)c1cncc(F)c1. The summed E-state index contributed by atoms with van der Waals surface area (Å²) in [6.45, 7) is 5.04. The molecule has 1 aliphatic heterocycles. The van der Waals surface area contributed by atoms with Gasteiger partial charge in [-0.1, -0.05) is 0 Å². The van der Waals surface area contributed by atoms with Crippen LogP contribution in [0, 0.1) is 12.7 Å². The number of carbonyl (C=O) groups excluding carboxylic acids is 1. The molecule has 0 radical (unpaired) electrons. The van der Waals surface area contributed by atoms with Crippen LogP contribution in [0.2, 0.25) is 0 Å². The van der Waals surface area contributed by atoms with Crippen LogP contribution in [0.4, 0.5) is 10.3 Å².